The van der Waals surface area contributed by atoms with Crippen LogP contribution in [0.1, 0.15) is 36.8 Å². The van der Waals surface area contributed by atoms with Crippen LogP contribution < -0.4 is 23.8 Å². The van der Waals surface area contributed by atoms with Crippen molar-refractivity contribution in [1.29, 1.82) is 0 Å². The van der Waals surface area contributed by atoms with E-state index in [9.17, 15) is 0 Å². The molecule has 2 aromatic rings. The minimum Gasteiger partial charge on any atom is -0.378 e. The van der Waals surface area contributed by atoms with Crippen LogP contribution in [0.25, 0.3) is 12.2 Å². The Kier molecular flexibility index (Phi) is 9.10. The number of rotatable bonds is 4. The van der Waals surface area contributed by atoms with Crippen LogP contribution in [0.3, 0.4) is 0 Å². The van der Waals surface area contributed by atoms with Gasteiger partial charge in [-0.1, -0.05) is 47.6 Å². The summed E-state index contributed by atoms with van der Waals surface area (Å²) in [7, 11) is 3.63. The molecule has 168 valence electrons. The summed E-state index contributed by atoms with van der Waals surface area (Å²) in [5.74, 6) is 0. The summed E-state index contributed by atoms with van der Waals surface area (Å²) >= 11 is 0. The van der Waals surface area contributed by atoms with Gasteiger partial charge in [-0.2, -0.15) is 14.0 Å². The quantitative estimate of drug-likeness (QED) is 0.768. The smallest absolute Gasteiger partial charge is 0.0777 e. The lowest BCUT2D eigenvalue weighted by atomic mass is 9.88. The third kappa shape index (κ3) is 9.55. The molecule has 1 saturated carbocycles. The second kappa shape index (κ2) is 11.3. The molecular weight excluding hydrogens is 416 g/mol. The lowest BCUT2D eigenvalue weighted by molar-refractivity contribution is -1.92. The average Bonchev–Trinajstić information content (AvgIpc) is 2.68. The van der Waals surface area contributed by atoms with E-state index in [1.165, 1.54) is 41.8 Å². The number of nitrogens with zero attached hydrogens (tertiary/aromatic N) is 2. The fraction of sp³-hybridized carbons (Fsp3) is 0.333. The van der Waals surface area contributed by atoms with E-state index in [-0.39, 0.29) is 0 Å². The lowest BCUT2D eigenvalue weighted by Crippen LogP contribution is -2.58. The minimum atomic E-state index is -4.69. The molecule has 1 fully saturated rings. The Morgan fingerprint density at radius 2 is 1.03 bits per heavy atom. The Bertz CT molecular complexity index is 810. The third-order valence-corrected chi connectivity index (χ3v) is 5.01. The number of hydrogen-bond acceptors (Lipinski definition) is 6. The molecule has 0 radical (unpaired) electrons. The van der Waals surface area contributed by atoms with Gasteiger partial charge in [0.15, 0.2) is 0 Å². The molecule has 0 atom stereocenters. The van der Waals surface area contributed by atoms with Crippen molar-refractivity contribution in [2.45, 2.75) is 25.7 Å². The second-order valence-electron chi connectivity index (χ2n) is 8.00. The molecule has 0 saturated heterocycles. The normalized spacial score (nSPS) is 16.6. The molecule has 0 spiro atoms. The van der Waals surface area contributed by atoms with Crippen molar-refractivity contribution in [2.24, 2.45) is 0 Å². The third-order valence-electron chi connectivity index (χ3n) is 5.01. The van der Waals surface area contributed by atoms with Crippen LogP contribution in [0.2, 0.25) is 0 Å². The lowest BCUT2D eigenvalue weighted by Gasteiger charge is -2.18. The highest BCUT2D eigenvalue weighted by Crippen LogP contribution is 2.31. The van der Waals surface area contributed by atoms with E-state index < -0.39 is 10.2 Å². The predicted octanol–water partition coefficient (Wildman–Crippen LogP) is 1.74. The Balaban J connectivity index is 0.000000614. The van der Waals surface area contributed by atoms with E-state index in [1.54, 1.807) is 11.1 Å². The highest BCUT2D eigenvalue weighted by atomic mass is 35.7. The molecule has 0 aromatic heterocycles. The topological polar surface area (TPSA) is 95.9 Å². The summed E-state index contributed by atoms with van der Waals surface area (Å²) < 4.78 is 32.7. The number of allylic oxidation sites excluding steroid dienone is 2. The highest BCUT2D eigenvalue weighted by Gasteiger charge is 2.11. The second-order valence-corrected chi connectivity index (χ2v) is 8.80. The first-order valence-electron chi connectivity index (χ1n) is 10.1. The fourth-order valence-corrected chi connectivity index (χ4v) is 3.47. The van der Waals surface area contributed by atoms with Crippen molar-refractivity contribution in [3.05, 3.63) is 70.8 Å². The molecule has 0 bridgehead atoms. The predicted molar refractivity (Wildman–Crippen MR) is 118 cm³/mol. The maximum atomic E-state index is 8.60. The first-order chi connectivity index (χ1) is 14.5. The molecule has 0 amide bonds. The maximum Gasteiger partial charge on any atom is 0.0777 e. The SMILES string of the molecule is CN(C)c1ccc(C=C2CCCC(=Cc3ccc(N(C)C)cc3)C2)cc1.[O-][Cl+3]([O-])([O-])O. The van der Waals surface area contributed by atoms with Crippen LogP contribution in [-0.4, -0.2) is 32.8 Å². The van der Waals surface area contributed by atoms with E-state index in [2.05, 4.69) is 98.7 Å². The summed E-state index contributed by atoms with van der Waals surface area (Å²) in [4.78, 5) is 4.28. The van der Waals surface area contributed by atoms with E-state index in [0.717, 1.165) is 6.42 Å². The highest BCUT2D eigenvalue weighted by molar-refractivity contribution is 5.61. The average molecular weight is 447 g/mol. The van der Waals surface area contributed by atoms with Gasteiger partial charge in [0.1, 0.15) is 0 Å². The molecule has 1 N–H and O–H groups in total. The zero-order valence-electron chi connectivity index (χ0n) is 18.5. The summed E-state index contributed by atoms with van der Waals surface area (Å²) in [6.07, 6.45) is 9.54. The summed E-state index contributed by atoms with van der Waals surface area (Å²) in [5, 5.41) is 0. The van der Waals surface area contributed by atoms with Crippen LogP contribution in [0.5, 0.6) is 0 Å². The molecule has 1 aliphatic rings. The van der Waals surface area contributed by atoms with Gasteiger partial charge in [0.05, 0.1) is 14.9 Å². The van der Waals surface area contributed by atoms with E-state index in [4.69, 9.17) is 18.6 Å². The number of anilines is 2. The van der Waals surface area contributed by atoms with Gasteiger partial charge < -0.3 is 9.80 Å². The van der Waals surface area contributed by atoms with Crippen molar-refractivity contribution >= 4 is 23.5 Å². The summed E-state index contributed by atoms with van der Waals surface area (Å²) in [5.41, 5.74) is 8.20. The van der Waals surface area contributed by atoms with E-state index in [0.29, 0.717) is 0 Å². The van der Waals surface area contributed by atoms with E-state index >= 15 is 0 Å². The monoisotopic (exact) mass is 446 g/mol. The zero-order chi connectivity index (χ0) is 23.0. The fourth-order valence-electron chi connectivity index (χ4n) is 3.47. The first-order valence-corrected chi connectivity index (χ1v) is 11.3. The van der Waals surface area contributed by atoms with Crippen LogP contribution in [0.4, 0.5) is 11.4 Å². The van der Waals surface area contributed by atoms with Gasteiger partial charge in [0.2, 0.25) is 0 Å². The van der Waals surface area contributed by atoms with Gasteiger partial charge in [0.25, 0.3) is 0 Å². The van der Waals surface area contributed by atoms with Gasteiger partial charge in [-0.05, 0) is 61.1 Å². The van der Waals surface area contributed by atoms with Crippen LogP contribution >= 0.6 is 0 Å². The van der Waals surface area contributed by atoms with Gasteiger partial charge in [-0.3, -0.25) is 0 Å². The molecule has 0 unspecified atom stereocenters. The number of hydrogen-bond donors (Lipinski definition) is 1. The van der Waals surface area contributed by atoms with Gasteiger partial charge >= 0.3 is 0 Å². The van der Waals surface area contributed by atoms with Gasteiger partial charge in [-0.25, -0.2) is 0 Å². The molecule has 31 heavy (non-hydrogen) atoms. The molecule has 0 heterocycles. The molecule has 1 aliphatic carbocycles. The zero-order valence-corrected chi connectivity index (χ0v) is 19.3. The number of benzene rings is 2. The van der Waals surface area contributed by atoms with Crippen LogP contribution in [-0.2, 0) is 0 Å². The van der Waals surface area contributed by atoms with Crippen molar-refractivity contribution in [2.75, 3.05) is 38.0 Å². The van der Waals surface area contributed by atoms with Crippen molar-refractivity contribution in [3.8, 4) is 0 Å². The van der Waals surface area contributed by atoms with Crippen molar-refractivity contribution < 1.29 is 28.9 Å². The molecule has 0 aliphatic heterocycles. The first kappa shape index (κ1) is 24.9. The minimum absolute atomic E-state index is 1.10. The largest absolute Gasteiger partial charge is 0.378 e. The standard InChI is InChI=1S/C24H30N2.ClHO4/c1-25(2)23-12-8-19(9-13-23)16-21-6-5-7-22(18-21)17-20-10-14-24(15-11-20)26(3)4;2-1(3,4)5/h8-17H,5-7,18H2,1-4H3;(H,2,3,4,5). The van der Waals surface area contributed by atoms with Gasteiger partial charge in [-0.15, -0.1) is 0 Å². The molecule has 7 heteroatoms. The maximum absolute atomic E-state index is 8.60. The molecule has 3 rings (SSSR count). The van der Waals surface area contributed by atoms with Gasteiger partial charge in [0, 0.05) is 39.6 Å². The summed E-state index contributed by atoms with van der Waals surface area (Å²) in [6.45, 7) is 0. The molecular formula is C24H31ClN2O4. The Hall–Kier alpha value is -2.35. The molecule has 2 aromatic carbocycles. The Labute approximate surface area is 187 Å². The van der Waals surface area contributed by atoms with Crippen LogP contribution in [0, 0.1) is 10.2 Å². The number of halogens is 1. The Morgan fingerprint density at radius 1 is 0.710 bits per heavy atom. The summed E-state index contributed by atoms with van der Waals surface area (Å²) in [6, 6.07) is 17.7. The van der Waals surface area contributed by atoms with E-state index in [1.807, 2.05) is 0 Å². The van der Waals surface area contributed by atoms with Crippen LogP contribution in [0.15, 0.2) is 59.7 Å². The van der Waals surface area contributed by atoms with Crippen molar-refractivity contribution in [1.82, 2.24) is 0 Å². The Morgan fingerprint density at radius 3 is 1.32 bits per heavy atom. The molecule has 6 nitrogen and oxygen atoms in total. The van der Waals surface area contributed by atoms with Crippen molar-refractivity contribution in [3.63, 3.8) is 0 Å².